The molecule has 0 amide bonds. The number of ether oxygens (including phenoxy) is 1. The maximum Gasteiger partial charge on any atom is 0.308 e. The predicted octanol–water partition coefficient (Wildman–Crippen LogP) is 3.80. The number of methoxy groups -OCH3 is 1. The molecule has 1 aliphatic rings. The molecule has 1 N–H and O–H groups in total. The average molecular weight is 479 g/mol. The van der Waals surface area contributed by atoms with E-state index in [-0.39, 0.29) is 23.8 Å². The van der Waals surface area contributed by atoms with Crippen molar-refractivity contribution in [2.45, 2.75) is 32.2 Å². The summed E-state index contributed by atoms with van der Waals surface area (Å²) in [6.45, 7) is 3.48. The molecule has 1 saturated heterocycles. The molecule has 0 bridgehead atoms. The van der Waals surface area contributed by atoms with Crippen LogP contribution in [0.2, 0.25) is 0 Å². The van der Waals surface area contributed by atoms with E-state index >= 15 is 0 Å². The van der Waals surface area contributed by atoms with Gasteiger partial charge in [0, 0.05) is 10.9 Å². The van der Waals surface area contributed by atoms with E-state index in [9.17, 15) is 9.90 Å². The topological polar surface area (TPSA) is 80.0 Å². The molecular formula is C20H23BrN4O3S. The first kappa shape index (κ1) is 20.3. The van der Waals surface area contributed by atoms with E-state index in [2.05, 4.69) is 43.0 Å². The number of fused-ring (bicyclic) bond motifs is 1. The number of esters is 1. The van der Waals surface area contributed by atoms with Gasteiger partial charge in [-0.05, 0) is 43.6 Å². The molecule has 1 aliphatic heterocycles. The van der Waals surface area contributed by atoms with Gasteiger partial charge in [-0.2, -0.15) is 4.52 Å². The lowest BCUT2D eigenvalue weighted by atomic mass is 9.94. The van der Waals surface area contributed by atoms with Crippen molar-refractivity contribution in [1.29, 1.82) is 0 Å². The van der Waals surface area contributed by atoms with Crippen LogP contribution in [0.15, 0.2) is 28.7 Å². The molecule has 1 fully saturated rings. The Balaban J connectivity index is 1.70. The van der Waals surface area contributed by atoms with Crippen LogP contribution in [0, 0.1) is 5.92 Å². The normalized spacial score (nSPS) is 16.9. The molecule has 29 heavy (non-hydrogen) atoms. The smallest absolute Gasteiger partial charge is 0.308 e. The highest BCUT2D eigenvalue weighted by molar-refractivity contribution is 9.10. The number of benzene rings is 1. The maximum atomic E-state index is 11.9. The van der Waals surface area contributed by atoms with Crippen LogP contribution in [0.5, 0.6) is 5.88 Å². The summed E-state index contributed by atoms with van der Waals surface area (Å²) in [5.74, 6) is 0.654. The van der Waals surface area contributed by atoms with Crippen LogP contribution in [-0.4, -0.2) is 50.8 Å². The zero-order chi connectivity index (χ0) is 20.5. The summed E-state index contributed by atoms with van der Waals surface area (Å²) in [6, 6.07) is 8.02. The Kier molecular flexibility index (Phi) is 5.89. The van der Waals surface area contributed by atoms with Crippen molar-refractivity contribution in [3.8, 4) is 5.88 Å². The first-order valence-corrected chi connectivity index (χ1v) is 11.3. The minimum absolute atomic E-state index is 0.0650. The van der Waals surface area contributed by atoms with E-state index in [1.165, 1.54) is 23.0 Å². The molecule has 0 aliphatic carbocycles. The van der Waals surface area contributed by atoms with Crippen LogP contribution in [0.1, 0.15) is 42.1 Å². The van der Waals surface area contributed by atoms with Gasteiger partial charge in [-0.25, -0.2) is 4.98 Å². The largest absolute Gasteiger partial charge is 0.492 e. The third-order valence-corrected chi connectivity index (χ3v) is 7.02. The quantitative estimate of drug-likeness (QED) is 0.561. The van der Waals surface area contributed by atoms with Gasteiger partial charge in [-0.15, -0.1) is 5.10 Å². The summed E-state index contributed by atoms with van der Waals surface area (Å²) < 4.78 is 7.45. The van der Waals surface area contributed by atoms with Crippen molar-refractivity contribution < 1.29 is 14.6 Å². The van der Waals surface area contributed by atoms with Crippen molar-refractivity contribution in [2.75, 3.05) is 20.2 Å². The first-order valence-electron chi connectivity index (χ1n) is 9.66. The number of likely N-dealkylation sites (tertiary alicyclic amines) is 1. The van der Waals surface area contributed by atoms with Gasteiger partial charge in [-0.3, -0.25) is 9.69 Å². The molecule has 0 saturated carbocycles. The summed E-state index contributed by atoms with van der Waals surface area (Å²) in [4.78, 5) is 20.3. The van der Waals surface area contributed by atoms with E-state index in [1.807, 2.05) is 19.1 Å². The summed E-state index contributed by atoms with van der Waals surface area (Å²) in [5, 5.41) is 15.4. The lowest BCUT2D eigenvalue weighted by Crippen LogP contribution is -2.39. The van der Waals surface area contributed by atoms with E-state index in [4.69, 9.17) is 4.74 Å². The monoisotopic (exact) mass is 478 g/mol. The molecule has 3 heterocycles. The standard InChI is InChI=1S/C20H23BrN4O3S/c1-3-15-22-20-25(23-15)18(26)17(29-20)16(12-4-6-14(21)7-5-12)24-10-8-13(9-11-24)19(27)28-2/h4-7,13,16,26H,3,8-11H2,1-2H3/t16-/m0/s1. The van der Waals surface area contributed by atoms with Gasteiger partial charge in [-0.1, -0.05) is 46.3 Å². The van der Waals surface area contributed by atoms with Gasteiger partial charge in [0.05, 0.1) is 23.9 Å². The number of thiazole rings is 1. The van der Waals surface area contributed by atoms with Crippen LogP contribution in [-0.2, 0) is 16.0 Å². The van der Waals surface area contributed by atoms with Gasteiger partial charge in [0.1, 0.15) is 0 Å². The summed E-state index contributed by atoms with van der Waals surface area (Å²) >= 11 is 4.96. The second kappa shape index (κ2) is 8.41. The van der Waals surface area contributed by atoms with Crippen LogP contribution < -0.4 is 0 Å². The van der Waals surface area contributed by atoms with E-state index in [1.54, 1.807) is 0 Å². The number of nitrogens with zero attached hydrogens (tertiary/aromatic N) is 4. The number of rotatable bonds is 5. The van der Waals surface area contributed by atoms with Crippen LogP contribution >= 0.6 is 27.3 Å². The zero-order valence-corrected chi connectivity index (χ0v) is 18.7. The summed E-state index contributed by atoms with van der Waals surface area (Å²) in [5.41, 5.74) is 1.08. The number of carbonyl (C=O) groups is 1. The second-order valence-electron chi connectivity index (χ2n) is 7.15. The maximum absolute atomic E-state index is 11.9. The van der Waals surface area contributed by atoms with E-state index in [0.717, 1.165) is 53.1 Å². The Morgan fingerprint density at radius 2 is 2.03 bits per heavy atom. The fourth-order valence-electron chi connectivity index (χ4n) is 3.85. The fraction of sp³-hybridized carbons (Fsp3) is 0.450. The summed E-state index contributed by atoms with van der Waals surface area (Å²) in [7, 11) is 1.44. The molecule has 7 nitrogen and oxygen atoms in total. The molecule has 1 aromatic carbocycles. The first-order chi connectivity index (χ1) is 14.0. The Morgan fingerprint density at radius 3 is 2.62 bits per heavy atom. The molecule has 0 spiro atoms. The highest BCUT2D eigenvalue weighted by Crippen LogP contribution is 2.41. The number of aromatic hydroxyl groups is 1. The second-order valence-corrected chi connectivity index (χ2v) is 9.08. The average Bonchev–Trinajstić information content (AvgIpc) is 3.29. The predicted molar refractivity (Wildman–Crippen MR) is 114 cm³/mol. The highest BCUT2D eigenvalue weighted by atomic mass is 79.9. The van der Waals surface area contributed by atoms with Gasteiger partial charge in [0.25, 0.3) is 0 Å². The fourth-order valence-corrected chi connectivity index (χ4v) is 5.25. The van der Waals surface area contributed by atoms with Gasteiger partial charge < -0.3 is 9.84 Å². The van der Waals surface area contributed by atoms with Crippen molar-refractivity contribution in [1.82, 2.24) is 19.5 Å². The Labute approximate surface area is 181 Å². The van der Waals surface area contributed by atoms with Gasteiger partial charge >= 0.3 is 5.97 Å². The molecule has 0 unspecified atom stereocenters. The van der Waals surface area contributed by atoms with Crippen LogP contribution in [0.3, 0.4) is 0 Å². The van der Waals surface area contributed by atoms with Crippen molar-refractivity contribution in [2.24, 2.45) is 5.92 Å². The molecule has 9 heteroatoms. The number of aromatic nitrogens is 3. The Hall–Kier alpha value is -1.97. The third kappa shape index (κ3) is 3.91. The third-order valence-electron chi connectivity index (χ3n) is 5.42. The van der Waals surface area contributed by atoms with Crippen molar-refractivity contribution in [3.63, 3.8) is 0 Å². The Morgan fingerprint density at radius 1 is 1.34 bits per heavy atom. The molecular weight excluding hydrogens is 456 g/mol. The SMILES string of the molecule is CCc1nc2sc([C@H](c3ccc(Br)cc3)N3CCC(C(=O)OC)CC3)c(O)n2n1. The Bertz CT molecular complexity index is 1010. The molecule has 0 radical (unpaired) electrons. The number of hydrogen-bond donors (Lipinski definition) is 1. The van der Waals surface area contributed by atoms with E-state index < -0.39 is 0 Å². The lowest BCUT2D eigenvalue weighted by Gasteiger charge is -2.36. The number of hydrogen-bond acceptors (Lipinski definition) is 7. The van der Waals surface area contributed by atoms with Crippen molar-refractivity contribution >= 4 is 38.2 Å². The molecule has 4 rings (SSSR count). The molecule has 154 valence electrons. The number of aryl methyl sites for hydroxylation is 1. The van der Waals surface area contributed by atoms with E-state index in [0.29, 0.717) is 4.96 Å². The molecule has 2 aromatic heterocycles. The number of halogens is 1. The van der Waals surface area contributed by atoms with Gasteiger partial charge in [0.15, 0.2) is 5.82 Å². The van der Waals surface area contributed by atoms with Crippen LogP contribution in [0.4, 0.5) is 0 Å². The van der Waals surface area contributed by atoms with Gasteiger partial charge in [0.2, 0.25) is 10.8 Å². The molecule has 1 atom stereocenters. The minimum atomic E-state index is -0.140. The lowest BCUT2D eigenvalue weighted by molar-refractivity contribution is -0.147. The minimum Gasteiger partial charge on any atom is -0.492 e. The summed E-state index contributed by atoms with van der Waals surface area (Å²) in [6.07, 6.45) is 2.20. The number of carbonyl (C=O) groups excluding carboxylic acids is 1. The molecule has 3 aromatic rings. The van der Waals surface area contributed by atoms with Crippen molar-refractivity contribution in [3.05, 3.63) is 45.0 Å². The van der Waals surface area contributed by atoms with Crippen LogP contribution in [0.25, 0.3) is 4.96 Å². The number of piperidine rings is 1. The zero-order valence-electron chi connectivity index (χ0n) is 16.3. The highest BCUT2D eigenvalue weighted by Gasteiger charge is 2.34.